The fourth-order valence-electron chi connectivity index (χ4n) is 0.0630. The predicted molar refractivity (Wildman–Crippen MR) is 37.1 cm³/mol. The molecule has 0 aromatic heterocycles. The molecule has 1 atom stereocenters. The summed E-state index contributed by atoms with van der Waals surface area (Å²) >= 11 is 6.55. The molecule has 0 heterocycles. The first-order chi connectivity index (χ1) is 2.81. The molecule has 0 amide bonds. The van der Waals surface area contributed by atoms with E-state index >= 15 is 0 Å². The first-order valence-corrected chi connectivity index (χ1v) is 3.75. The number of hydrogen-bond donors (Lipinski definition) is 0. The van der Waals surface area contributed by atoms with E-state index in [9.17, 15) is 0 Å². The number of hydrogen-bond acceptors (Lipinski definition) is 0. The third-order valence-electron chi connectivity index (χ3n) is 0.423. The van der Waals surface area contributed by atoms with Gasteiger partial charge in [-0.25, -0.2) is 0 Å². The van der Waals surface area contributed by atoms with Crippen molar-refractivity contribution in [2.24, 2.45) is 0 Å². The average Bonchev–Trinajstić information content (AvgIpc) is 1.65. The summed E-state index contributed by atoms with van der Waals surface area (Å²) in [5, 5.41) is 0.934. The summed E-state index contributed by atoms with van der Waals surface area (Å²) in [5.41, 5.74) is 0. The van der Waals surface area contributed by atoms with Gasteiger partial charge in [0.1, 0.15) is 0 Å². The Balaban J connectivity index is 2.75. The highest BCUT2D eigenvalue weighted by molar-refractivity contribution is 9.12. The van der Waals surface area contributed by atoms with Crippen LogP contribution in [0.15, 0.2) is 0 Å². The maximum atomic E-state index is 5.21. The Kier molecular flexibility index (Phi) is 4.91. The molecule has 0 rings (SSSR count). The van der Waals surface area contributed by atoms with Crippen LogP contribution in [0.3, 0.4) is 0 Å². The van der Waals surface area contributed by atoms with Crippen molar-refractivity contribution in [3.8, 4) is 0 Å². The van der Waals surface area contributed by atoms with E-state index in [0.717, 1.165) is 5.33 Å². The summed E-state index contributed by atoms with van der Waals surface area (Å²) in [6.07, 6.45) is 0.700. The van der Waals surface area contributed by atoms with Gasteiger partial charge in [-0.05, 0) is 0 Å². The second-order valence-electron chi connectivity index (χ2n) is 0.987. The Bertz CT molecular complexity index is 28.0. The third-order valence-corrected chi connectivity index (χ3v) is 2.77. The van der Waals surface area contributed by atoms with Gasteiger partial charge in [0, 0.05) is 10.2 Å². The van der Waals surface area contributed by atoms with Gasteiger partial charge in [-0.2, -0.15) is 0 Å². The molecule has 0 saturated heterocycles. The minimum Gasteiger partial charge on any atom is -0.0916 e. The third kappa shape index (κ3) is 3.22. The standard InChI is InChI=1S/C3H5BBr2/c4-1-3(6)2-5/h3H,1-2H2. The molecule has 6 heavy (non-hydrogen) atoms. The van der Waals surface area contributed by atoms with E-state index in [1.54, 1.807) is 0 Å². The van der Waals surface area contributed by atoms with Crippen molar-refractivity contribution < 1.29 is 0 Å². The molecule has 0 fully saturated rings. The molecule has 0 aromatic carbocycles. The Hall–Kier alpha value is 1.02. The molecule has 34 valence electrons. The maximum absolute atomic E-state index is 5.21. The summed E-state index contributed by atoms with van der Waals surface area (Å²) in [5.74, 6) is 0. The normalized spacial score (nSPS) is 14.3. The Morgan fingerprint density at radius 3 is 2.17 bits per heavy atom. The molecule has 0 aromatic rings. The number of rotatable bonds is 2. The van der Waals surface area contributed by atoms with Crippen LogP contribution in [0.2, 0.25) is 6.32 Å². The van der Waals surface area contributed by atoms with Gasteiger partial charge in [0.15, 0.2) is 0 Å². The highest BCUT2D eigenvalue weighted by Gasteiger charge is 1.92. The monoisotopic (exact) mass is 210 g/mol. The fourth-order valence-corrected chi connectivity index (χ4v) is 0.327. The molecule has 0 aliphatic rings. The summed E-state index contributed by atoms with van der Waals surface area (Å²) in [7, 11) is 5.21. The molecule has 0 N–H and O–H groups in total. The van der Waals surface area contributed by atoms with E-state index in [1.807, 2.05) is 0 Å². The second kappa shape index (κ2) is 4.19. The largest absolute Gasteiger partial charge is 0.0916 e. The van der Waals surface area contributed by atoms with Crippen molar-refractivity contribution in [3.63, 3.8) is 0 Å². The van der Waals surface area contributed by atoms with E-state index in [1.165, 1.54) is 0 Å². The van der Waals surface area contributed by atoms with Crippen LogP contribution in [0.4, 0.5) is 0 Å². The Morgan fingerprint density at radius 1 is 1.67 bits per heavy atom. The molecule has 2 radical (unpaired) electrons. The van der Waals surface area contributed by atoms with Gasteiger partial charge < -0.3 is 0 Å². The number of halogens is 2. The summed E-state index contributed by atoms with van der Waals surface area (Å²) in [6, 6.07) is 0. The quantitative estimate of drug-likeness (QED) is 0.482. The van der Waals surface area contributed by atoms with Crippen molar-refractivity contribution in [2.75, 3.05) is 5.33 Å². The zero-order valence-corrected chi connectivity index (χ0v) is 6.50. The fraction of sp³-hybridized carbons (Fsp3) is 1.00. The topological polar surface area (TPSA) is 0 Å². The van der Waals surface area contributed by atoms with Gasteiger partial charge in [-0.1, -0.05) is 38.2 Å². The zero-order chi connectivity index (χ0) is 4.99. The van der Waals surface area contributed by atoms with Crippen molar-refractivity contribution in [2.45, 2.75) is 11.1 Å². The van der Waals surface area contributed by atoms with Gasteiger partial charge in [-0.15, -0.1) is 0 Å². The van der Waals surface area contributed by atoms with Gasteiger partial charge in [0.2, 0.25) is 0 Å². The lowest BCUT2D eigenvalue weighted by Gasteiger charge is -1.95. The number of alkyl halides is 2. The molecule has 0 nitrogen and oxygen atoms in total. The minimum absolute atomic E-state index is 0.442. The SMILES string of the molecule is [B]CC(Br)CBr. The van der Waals surface area contributed by atoms with E-state index < -0.39 is 0 Å². The van der Waals surface area contributed by atoms with Gasteiger partial charge >= 0.3 is 0 Å². The van der Waals surface area contributed by atoms with Crippen LogP contribution in [-0.4, -0.2) is 18.0 Å². The van der Waals surface area contributed by atoms with E-state index in [2.05, 4.69) is 31.9 Å². The van der Waals surface area contributed by atoms with E-state index in [-0.39, 0.29) is 0 Å². The molecular formula is C3H5BBr2. The Morgan fingerprint density at radius 2 is 2.17 bits per heavy atom. The summed E-state index contributed by atoms with van der Waals surface area (Å²) in [4.78, 5) is 0.442. The molecule has 1 unspecified atom stereocenters. The van der Waals surface area contributed by atoms with Gasteiger partial charge in [0.25, 0.3) is 0 Å². The van der Waals surface area contributed by atoms with E-state index in [0.29, 0.717) is 11.1 Å². The second-order valence-corrected chi connectivity index (χ2v) is 2.93. The van der Waals surface area contributed by atoms with Crippen LogP contribution in [0.25, 0.3) is 0 Å². The molecular weight excluding hydrogens is 207 g/mol. The molecule has 0 spiro atoms. The summed E-state index contributed by atoms with van der Waals surface area (Å²) in [6.45, 7) is 0. The molecule has 0 saturated carbocycles. The Labute approximate surface area is 56.4 Å². The van der Waals surface area contributed by atoms with Crippen LogP contribution in [0, 0.1) is 0 Å². The van der Waals surface area contributed by atoms with Crippen molar-refractivity contribution in [1.82, 2.24) is 0 Å². The van der Waals surface area contributed by atoms with Crippen molar-refractivity contribution in [3.05, 3.63) is 0 Å². The van der Waals surface area contributed by atoms with Gasteiger partial charge in [-0.3, -0.25) is 0 Å². The van der Waals surface area contributed by atoms with Crippen molar-refractivity contribution >= 4 is 39.7 Å². The van der Waals surface area contributed by atoms with Crippen LogP contribution in [0.1, 0.15) is 0 Å². The summed E-state index contributed by atoms with van der Waals surface area (Å²) < 4.78 is 0. The first kappa shape index (κ1) is 7.02. The smallest absolute Gasteiger partial charge is 0.0668 e. The van der Waals surface area contributed by atoms with Crippen LogP contribution in [0.5, 0.6) is 0 Å². The minimum atomic E-state index is 0.442. The average molecular weight is 212 g/mol. The first-order valence-electron chi connectivity index (χ1n) is 1.71. The molecule has 0 aliphatic heterocycles. The van der Waals surface area contributed by atoms with Crippen LogP contribution in [-0.2, 0) is 0 Å². The highest BCUT2D eigenvalue weighted by Crippen LogP contribution is 2.05. The van der Waals surface area contributed by atoms with Crippen LogP contribution >= 0.6 is 31.9 Å². The van der Waals surface area contributed by atoms with Gasteiger partial charge in [0.05, 0.1) is 7.85 Å². The van der Waals surface area contributed by atoms with Crippen LogP contribution < -0.4 is 0 Å². The molecule has 0 bridgehead atoms. The predicted octanol–water partition coefficient (Wildman–Crippen LogP) is 1.73. The van der Waals surface area contributed by atoms with Crippen molar-refractivity contribution in [1.29, 1.82) is 0 Å². The van der Waals surface area contributed by atoms with E-state index in [4.69, 9.17) is 7.85 Å². The maximum Gasteiger partial charge on any atom is 0.0668 e. The highest BCUT2D eigenvalue weighted by atomic mass is 79.9. The lowest BCUT2D eigenvalue weighted by atomic mass is 10.0. The molecule has 3 heteroatoms. The lowest BCUT2D eigenvalue weighted by Crippen LogP contribution is -1.94. The zero-order valence-electron chi connectivity index (χ0n) is 3.32. The molecule has 0 aliphatic carbocycles. The lowest BCUT2D eigenvalue weighted by molar-refractivity contribution is 1.16.